The van der Waals surface area contributed by atoms with Gasteiger partial charge < -0.3 is 10.4 Å². The molecule has 1 amide bonds. The number of aromatic hydroxyl groups is 1. The number of thioether (sulfide) groups is 1. The van der Waals surface area contributed by atoms with Crippen molar-refractivity contribution in [2.45, 2.75) is 5.16 Å². The van der Waals surface area contributed by atoms with Gasteiger partial charge in [0.2, 0.25) is 5.91 Å². The number of benzene rings is 2. The van der Waals surface area contributed by atoms with E-state index in [0.29, 0.717) is 21.7 Å². The lowest BCUT2D eigenvalue weighted by atomic mass is 10.2. The highest BCUT2D eigenvalue weighted by molar-refractivity contribution is 7.99. The van der Waals surface area contributed by atoms with Crippen molar-refractivity contribution in [1.82, 2.24) is 19.7 Å². The molecule has 2 aromatic heterocycles. The Balaban J connectivity index is 1.60. The van der Waals surface area contributed by atoms with Crippen LogP contribution in [0.25, 0.3) is 17.1 Å². The van der Waals surface area contributed by atoms with Crippen molar-refractivity contribution in [3.8, 4) is 22.8 Å². The summed E-state index contributed by atoms with van der Waals surface area (Å²) in [5, 5.41) is 22.0. The van der Waals surface area contributed by atoms with Crippen LogP contribution in [0, 0.1) is 0 Å². The highest BCUT2D eigenvalue weighted by Gasteiger charge is 2.17. The Bertz CT molecular complexity index is 1180. The van der Waals surface area contributed by atoms with Crippen LogP contribution in [0.4, 0.5) is 5.69 Å². The number of anilines is 1. The Hall–Kier alpha value is -3.36. The third-order valence-electron chi connectivity index (χ3n) is 4.10. The molecule has 0 fully saturated rings. The first-order valence-corrected chi connectivity index (χ1v) is 10.3. The number of halogens is 1. The molecule has 9 heteroatoms. The largest absolute Gasteiger partial charge is 0.508 e. The van der Waals surface area contributed by atoms with Crippen LogP contribution in [0.5, 0.6) is 5.75 Å². The van der Waals surface area contributed by atoms with E-state index in [9.17, 15) is 9.90 Å². The standard InChI is InChI=1S/C21H16ClN5O2S/c22-15-3-1-5-17(11-15)27-20(14-7-9-23-10-8-14)25-26-21(27)30-13-19(29)24-16-4-2-6-18(28)12-16/h1-12,28H,13H2,(H,24,29). The molecule has 2 N–H and O–H groups in total. The molecule has 2 aromatic carbocycles. The summed E-state index contributed by atoms with van der Waals surface area (Å²) in [5.74, 6) is 0.598. The molecule has 7 nitrogen and oxygen atoms in total. The van der Waals surface area contributed by atoms with Gasteiger partial charge in [0.1, 0.15) is 5.75 Å². The fraction of sp³-hybridized carbons (Fsp3) is 0.0476. The first-order chi connectivity index (χ1) is 14.6. The van der Waals surface area contributed by atoms with Crippen molar-refractivity contribution in [3.05, 3.63) is 78.1 Å². The first-order valence-electron chi connectivity index (χ1n) is 8.93. The van der Waals surface area contributed by atoms with Crippen LogP contribution in [0.2, 0.25) is 5.02 Å². The van der Waals surface area contributed by atoms with Gasteiger partial charge in [-0.3, -0.25) is 14.3 Å². The van der Waals surface area contributed by atoms with Crippen molar-refractivity contribution in [2.75, 3.05) is 11.1 Å². The van der Waals surface area contributed by atoms with E-state index >= 15 is 0 Å². The Morgan fingerprint density at radius 2 is 1.87 bits per heavy atom. The zero-order valence-electron chi connectivity index (χ0n) is 15.6. The number of hydrogen-bond donors (Lipinski definition) is 2. The topological polar surface area (TPSA) is 92.9 Å². The predicted molar refractivity (Wildman–Crippen MR) is 117 cm³/mol. The van der Waals surface area contributed by atoms with E-state index in [1.165, 1.54) is 17.8 Å². The minimum atomic E-state index is -0.225. The number of amides is 1. The fourth-order valence-corrected chi connectivity index (χ4v) is 3.75. The molecule has 0 saturated heterocycles. The molecule has 0 spiro atoms. The lowest BCUT2D eigenvalue weighted by Crippen LogP contribution is -2.14. The summed E-state index contributed by atoms with van der Waals surface area (Å²) in [6.07, 6.45) is 3.36. The smallest absolute Gasteiger partial charge is 0.234 e. The number of pyridine rings is 1. The fourth-order valence-electron chi connectivity index (χ4n) is 2.81. The van der Waals surface area contributed by atoms with Gasteiger partial charge in [0.25, 0.3) is 0 Å². The molecular weight excluding hydrogens is 422 g/mol. The molecule has 30 heavy (non-hydrogen) atoms. The lowest BCUT2D eigenvalue weighted by molar-refractivity contribution is -0.113. The van der Waals surface area contributed by atoms with E-state index < -0.39 is 0 Å². The Labute approximate surface area is 181 Å². The number of rotatable bonds is 6. The van der Waals surface area contributed by atoms with Gasteiger partial charge in [0.15, 0.2) is 11.0 Å². The predicted octanol–water partition coefficient (Wildman–Crippen LogP) is 4.42. The summed E-state index contributed by atoms with van der Waals surface area (Å²) in [7, 11) is 0. The number of hydrogen-bond acceptors (Lipinski definition) is 6. The number of nitrogens with zero attached hydrogens (tertiary/aromatic N) is 4. The monoisotopic (exact) mass is 437 g/mol. The molecule has 2 heterocycles. The van der Waals surface area contributed by atoms with Gasteiger partial charge in [-0.25, -0.2) is 0 Å². The normalized spacial score (nSPS) is 10.7. The molecule has 4 rings (SSSR count). The second kappa shape index (κ2) is 8.98. The van der Waals surface area contributed by atoms with Gasteiger partial charge in [0, 0.05) is 34.7 Å². The van der Waals surface area contributed by atoms with Crippen LogP contribution in [0.15, 0.2) is 78.2 Å². The number of carbonyl (C=O) groups excluding carboxylic acids is 1. The highest BCUT2D eigenvalue weighted by Crippen LogP contribution is 2.29. The zero-order valence-corrected chi connectivity index (χ0v) is 17.1. The average molecular weight is 438 g/mol. The molecule has 0 saturated carbocycles. The summed E-state index contributed by atoms with van der Waals surface area (Å²) in [6, 6.07) is 17.4. The van der Waals surface area contributed by atoms with Crippen LogP contribution >= 0.6 is 23.4 Å². The molecular formula is C21H16ClN5O2S. The number of phenolic OH excluding ortho intramolecular Hbond substituents is 1. The van der Waals surface area contributed by atoms with Gasteiger partial charge in [0.05, 0.1) is 11.4 Å². The van der Waals surface area contributed by atoms with Crippen molar-refractivity contribution >= 4 is 35.0 Å². The maximum atomic E-state index is 12.4. The third-order valence-corrected chi connectivity index (χ3v) is 5.26. The molecule has 0 aliphatic carbocycles. The Morgan fingerprint density at radius 3 is 2.63 bits per heavy atom. The van der Waals surface area contributed by atoms with Crippen LogP contribution in [0.1, 0.15) is 0 Å². The third kappa shape index (κ3) is 4.61. The van der Waals surface area contributed by atoms with Crippen LogP contribution in [-0.2, 0) is 4.79 Å². The molecule has 0 aliphatic heterocycles. The average Bonchev–Trinajstić information content (AvgIpc) is 3.17. The van der Waals surface area contributed by atoms with Crippen molar-refractivity contribution < 1.29 is 9.90 Å². The summed E-state index contributed by atoms with van der Waals surface area (Å²) in [4.78, 5) is 16.4. The maximum Gasteiger partial charge on any atom is 0.234 e. The number of carbonyl (C=O) groups is 1. The minimum absolute atomic E-state index is 0.0862. The number of nitrogens with one attached hydrogen (secondary N) is 1. The number of phenols is 1. The molecule has 0 bridgehead atoms. The van der Waals surface area contributed by atoms with Crippen LogP contribution in [0.3, 0.4) is 0 Å². The van der Waals surface area contributed by atoms with Gasteiger partial charge in [-0.15, -0.1) is 10.2 Å². The van der Waals surface area contributed by atoms with Gasteiger partial charge in [-0.05, 0) is 42.5 Å². The van der Waals surface area contributed by atoms with Crippen LogP contribution < -0.4 is 5.32 Å². The quantitative estimate of drug-likeness (QED) is 0.434. The lowest BCUT2D eigenvalue weighted by Gasteiger charge is -2.11. The zero-order chi connectivity index (χ0) is 20.9. The van der Waals surface area contributed by atoms with Gasteiger partial charge in [-0.1, -0.05) is 35.5 Å². The van der Waals surface area contributed by atoms with E-state index in [2.05, 4.69) is 20.5 Å². The van der Waals surface area contributed by atoms with Gasteiger partial charge in [-0.2, -0.15) is 0 Å². The van der Waals surface area contributed by atoms with E-state index in [1.807, 2.05) is 34.9 Å². The molecule has 0 radical (unpaired) electrons. The molecule has 0 atom stereocenters. The van der Waals surface area contributed by atoms with Crippen molar-refractivity contribution in [2.24, 2.45) is 0 Å². The minimum Gasteiger partial charge on any atom is -0.508 e. The SMILES string of the molecule is O=C(CSc1nnc(-c2ccncc2)n1-c1cccc(Cl)c1)Nc1cccc(O)c1. The maximum absolute atomic E-state index is 12.4. The van der Waals surface area contributed by atoms with E-state index in [1.54, 1.807) is 36.7 Å². The van der Waals surface area contributed by atoms with Crippen molar-refractivity contribution in [1.29, 1.82) is 0 Å². The van der Waals surface area contributed by atoms with Crippen LogP contribution in [-0.4, -0.2) is 36.5 Å². The Kier molecular flexibility index (Phi) is 5.97. The highest BCUT2D eigenvalue weighted by atomic mass is 35.5. The summed E-state index contributed by atoms with van der Waals surface area (Å²) < 4.78 is 1.85. The second-order valence-electron chi connectivity index (χ2n) is 6.24. The molecule has 150 valence electrons. The summed E-state index contributed by atoms with van der Waals surface area (Å²) >= 11 is 7.44. The second-order valence-corrected chi connectivity index (χ2v) is 7.62. The first kappa shape index (κ1) is 19.9. The van der Waals surface area contributed by atoms with E-state index in [-0.39, 0.29) is 17.4 Å². The van der Waals surface area contributed by atoms with E-state index in [0.717, 1.165) is 11.3 Å². The number of aromatic nitrogens is 4. The van der Waals surface area contributed by atoms with Crippen molar-refractivity contribution in [3.63, 3.8) is 0 Å². The van der Waals surface area contributed by atoms with Gasteiger partial charge >= 0.3 is 0 Å². The van der Waals surface area contributed by atoms with E-state index in [4.69, 9.17) is 11.6 Å². The summed E-state index contributed by atoms with van der Waals surface area (Å²) in [5.41, 5.74) is 2.15. The summed E-state index contributed by atoms with van der Waals surface area (Å²) in [6.45, 7) is 0. The molecule has 0 aliphatic rings. The Morgan fingerprint density at radius 1 is 1.07 bits per heavy atom. The molecule has 0 unspecified atom stereocenters. The molecule has 4 aromatic rings.